The Hall–Kier alpha value is -1.98. The van der Waals surface area contributed by atoms with Crippen LogP contribution in [0.2, 0.25) is 0 Å². The van der Waals surface area contributed by atoms with Crippen LogP contribution in [0, 0.1) is 5.92 Å². The molecule has 0 unspecified atom stereocenters. The predicted octanol–water partition coefficient (Wildman–Crippen LogP) is 1.36. The minimum atomic E-state index is -3.72. The molecule has 0 aliphatic carbocycles. The summed E-state index contributed by atoms with van der Waals surface area (Å²) in [6, 6.07) is 3.84. The van der Waals surface area contributed by atoms with Gasteiger partial charge in [-0.05, 0) is 52.9 Å². The first-order valence-electron chi connectivity index (χ1n) is 8.86. The van der Waals surface area contributed by atoms with Gasteiger partial charge in [0.2, 0.25) is 15.9 Å². The van der Waals surface area contributed by atoms with Gasteiger partial charge in [0.25, 0.3) is 5.91 Å². The number of nitrogens with one attached hydrogen (secondary N) is 2. The van der Waals surface area contributed by atoms with Gasteiger partial charge in [-0.3, -0.25) is 14.5 Å². The second-order valence-electron chi connectivity index (χ2n) is 6.94. The van der Waals surface area contributed by atoms with E-state index in [0.717, 1.165) is 17.7 Å². The molecule has 2 saturated heterocycles. The third-order valence-corrected chi connectivity index (χ3v) is 7.55. The SMILES string of the molecule is C[C@H]1CCCN(S(=O)(=O)c2cc(NC(=O)CN3C(=O)CNC3=O)ccc2Br)C1. The van der Waals surface area contributed by atoms with Gasteiger partial charge < -0.3 is 10.6 Å². The average molecular weight is 473 g/mol. The van der Waals surface area contributed by atoms with Gasteiger partial charge in [-0.1, -0.05) is 6.92 Å². The molecule has 0 radical (unpaired) electrons. The molecular formula is C17H21BrN4O5S. The van der Waals surface area contributed by atoms with E-state index >= 15 is 0 Å². The van der Waals surface area contributed by atoms with E-state index in [1.165, 1.54) is 10.4 Å². The lowest BCUT2D eigenvalue weighted by molar-refractivity contribution is -0.128. The van der Waals surface area contributed by atoms with Crippen LogP contribution in [-0.4, -0.2) is 61.6 Å². The fourth-order valence-corrected chi connectivity index (χ4v) is 5.79. The van der Waals surface area contributed by atoms with Crippen molar-refractivity contribution in [3.63, 3.8) is 0 Å². The molecule has 2 N–H and O–H groups in total. The Morgan fingerprint density at radius 1 is 1.36 bits per heavy atom. The van der Waals surface area contributed by atoms with Crippen molar-refractivity contribution >= 4 is 49.5 Å². The highest BCUT2D eigenvalue weighted by molar-refractivity contribution is 9.10. The molecule has 0 aromatic heterocycles. The maximum atomic E-state index is 13.0. The third kappa shape index (κ3) is 4.36. The highest BCUT2D eigenvalue weighted by atomic mass is 79.9. The highest BCUT2D eigenvalue weighted by Crippen LogP contribution is 2.30. The van der Waals surface area contributed by atoms with E-state index in [1.807, 2.05) is 6.92 Å². The minimum Gasteiger partial charge on any atom is -0.329 e. The van der Waals surface area contributed by atoms with Crippen molar-refractivity contribution in [2.45, 2.75) is 24.7 Å². The van der Waals surface area contributed by atoms with Gasteiger partial charge in [0.15, 0.2) is 0 Å². The summed E-state index contributed by atoms with van der Waals surface area (Å²) < 4.78 is 27.9. The molecule has 28 heavy (non-hydrogen) atoms. The van der Waals surface area contributed by atoms with Crippen molar-refractivity contribution in [3.05, 3.63) is 22.7 Å². The van der Waals surface area contributed by atoms with Crippen LogP contribution in [0.25, 0.3) is 0 Å². The van der Waals surface area contributed by atoms with E-state index in [2.05, 4.69) is 26.6 Å². The van der Waals surface area contributed by atoms with Crippen LogP contribution in [0.15, 0.2) is 27.6 Å². The Balaban J connectivity index is 1.76. The van der Waals surface area contributed by atoms with Crippen LogP contribution in [0.3, 0.4) is 0 Å². The summed E-state index contributed by atoms with van der Waals surface area (Å²) in [4.78, 5) is 36.2. The maximum Gasteiger partial charge on any atom is 0.325 e. The Kier molecular flexibility index (Phi) is 6.06. The second-order valence-corrected chi connectivity index (χ2v) is 9.70. The molecule has 2 aliphatic heterocycles. The number of piperidine rings is 1. The van der Waals surface area contributed by atoms with Gasteiger partial charge in [0.1, 0.15) is 6.54 Å². The Labute approximate surface area is 171 Å². The number of nitrogens with zero attached hydrogens (tertiary/aromatic N) is 2. The molecule has 1 aromatic carbocycles. The van der Waals surface area contributed by atoms with Gasteiger partial charge in [-0.15, -0.1) is 0 Å². The zero-order valence-electron chi connectivity index (χ0n) is 15.3. The molecule has 1 aromatic rings. The first kappa shape index (κ1) is 20.7. The number of hydrogen-bond donors (Lipinski definition) is 2. The van der Waals surface area contributed by atoms with E-state index in [0.29, 0.717) is 17.6 Å². The fourth-order valence-electron chi connectivity index (χ4n) is 3.24. The second kappa shape index (κ2) is 8.18. The van der Waals surface area contributed by atoms with Crippen molar-refractivity contribution in [2.24, 2.45) is 5.92 Å². The average Bonchev–Trinajstić information content (AvgIpc) is 2.95. The van der Waals surface area contributed by atoms with Crippen LogP contribution < -0.4 is 10.6 Å². The molecule has 152 valence electrons. The van der Waals surface area contributed by atoms with E-state index < -0.39 is 34.4 Å². The topological polar surface area (TPSA) is 116 Å². The van der Waals surface area contributed by atoms with E-state index in [9.17, 15) is 22.8 Å². The van der Waals surface area contributed by atoms with E-state index in [1.54, 1.807) is 12.1 Å². The number of urea groups is 1. The summed E-state index contributed by atoms with van der Waals surface area (Å²) in [6.07, 6.45) is 1.80. The lowest BCUT2D eigenvalue weighted by atomic mass is 10.0. The van der Waals surface area contributed by atoms with Crippen LogP contribution in [0.5, 0.6) is 0 Å². The number of carbonyl (C=O) groups is 3. The summed E-state index contributed by atoms with van der Waals surface area (Å²) in [5.74, 6) is -0.796. The van der Waals surface area contributed by atoms with Crippen molar-refractivity contribution in [3.8, 4) is 0 Å². The van der Waals surface area contributed by atoms with Gasteiger partial charge >= 0.3 is 6.03 Å². The lowest BCUT2D eigenvalue weighted by Crippen LogP contribution is -2.39. The van der Waals surface area contributed by atoms with Gasteiger partial charge in [0, 0.05) is 23.2 Å². The molecule has 1 atom stereocenters. The van der Waals surface area contributed by atoms with E-state index in [-0.39, 0.29) is 23.0 Å². The largest absolute Gasteiger partial charge is 0.329 e. The molecule has 11 heteroatoms. The molecule has 0 saturated carbocycles. The first-order chi connectivity index (χ1) is 13.2. The standard InChI is InChI=1S/C17H21BrN4O5S/c1-11-3-2-6-21(9-11)28(26,27)14-7-12(4-5-13(14)18)20-15(23)10-22-16(24)8-19-17(22)25/h4-5,7,11H,2-3,6,8-10H2,1H3,(H,19,25)(H,20,23)/t11-/m0/s1. The Morgan fingerprint density at radius 2 is 2.11 bits per heavy atom. The number of carbonyl (C=O) groups excluding carboxylic acids is 3. The highest BCUT2D eigenvalue weighted by Gasteiger charge is 2.32. The monoisotopic (exact) mass is 472 g/mol. The molecule has 2 fully saturated rings. The summed E-state index contributed by atoms with van der Waals surface area (Å²) in [6.45, 7) is 2.36. The van der Waals surface area contributed by atoms with Crippen molar-refractivity contribution < 1.29 is 22.8 Å². The first-order valence-corrected chi connectivity index (χ1v) is 11.1. The van der Waals surface area contributed by atoms with Gasteiger partial charge in [0.05, 0.1) is 11.4 Å². The fraction of sp³-hybridized carbons (Fsp3) is 0.471. The molecular weight excluding hydrogens is 452 g/mol. The van der Waals surface area contributed by atoms with Gasteiger partial charge in [-0.2, -0.15) is 4.31 Å². The number of halogens is 1. The summed E-state index contributed by atoms with van der Waals surface area (Å²) in [5, 5.41) is 4.88. The van der Waals surface area contributed by atoms with Crippen LogP contribution in [0.4, 0.5) is 10.5 Å². The number of amides is 4. The predicted molar refractivity (Wildman–Crippen MR) is 105 cm³/mol. The van der Waals surface area contributed by atoms with Crippen LogP contribution in [-0.2, 0) is 19.6 Å². The maximum absolute atomic E-state index is 13.0. The lowest BCUT2D eigenvalue weighted by Gasteiger charge is -2.30. The van der Waals surface area contributed by atoms with Crippen LogP contribution in [0.1, 0.15) is 19.8 Å². The zero-order chi connectivity index (χ0) is 20.5. The zero-order valence-corrected chi connectivity index (χ0v) is 17.7. The molecule has 4 amide bonds. The summed E-state index contributed by atoms with van der Waals surface area (Å²) >= 11 is 3.28. The number of rotatable bonds is 5. The number of hydrogen-bond acceptors (Lipinski definition) is 5. The Morgan fingerprint density at radius 3 is 2.75 bits per heavy atom. The Bertz CT molecular complexity index is 904. The summed E-state index contributed by atoms with van der Waals surface area (Å²) in [5.41, 5.74) is 0.267. The molecule has 9 nitrogen and oxygen atoms in total. The smallest absolute Gasteiger partial charge is 0.325 e. The molecule has 2 heterocycles. The number of imide groups is 1. The minimum absolute atomic E-state index is 0.0643. The number of benzene rings is 1. The van der Waals surface area contributed by atoms with Crippen LogP contribution >= 0.6 is 15.9 Å². The normalized spacial score (nSPS) is 20.9. The van der Waals surface area contributed by atoms with Crippen molar-refractivity contribution in [1.82, 2.24) is 14.5 Å². The number of sulfonamides is 1. The number of anilines is 1. The summed E-state index contributed by atoms with van der Waals surface area (Å²) in [7, 11) is -3.72. The van der Waals surface area contributed by atoms with Crippen molar-refractivity contribution in [2.75, 3.05) is 31.5 Å². The van der Waals surface area contributed by atoms with E-state index in [4.69, 9.17) is 0 Å². The van der Waals surface area contributed by atoms with Crippen molar-refractivity contribution in [1.29, 1.82) is 0 Å². The third-order valence-electron chi connectivity index (χ3n) is 4.69. The molecule has 0 bridgehead atoms. The molecule has 0 spiro atoms. The molecule has 2 aliphatic rings. The molecule has 3 rings (SSSR count). The van der Waals surface area contributed by atoms with Gasteiger partial charge in [-0.25, -0.2) is 13.2 Å². The quantitative estimate of drug-likeness (QED) is 0.627.